The highest BCUT2D eigenvalue weighted by Crippen LogP contribution is 2.27. The molecule has 4 N–H and O–H groups in total. The summed E-state index contributed by atoms with van der Waals surface area (Å²) < 4.78 is 25.3. The summed E-state index contributed by atoms with van der Waals surface area (Å²) in [6.07, 6.45) is 0. The normalized spacial score (nSPS) is 11.7. The van der Waals surface area contributed by atoms with Crippen molar-refractivity contribution >= 4 is 27.3 Å². The molecule has 0 heterocycles. The van der Waals surface area contributed by atoms with Crippen LogP contribution in [0.4, 0.5) is 11.4 Å². The molecule has 0 atom stereocenters. The van der Waals surface area contributed by atoms with Crippen LogP contribution in [0.25, 0.3) is 0 Å². The van der Waals surface area contributed by atoms with E-state index in [-0.39, 0.29) is 29.1 Å². The predicted octanol–water partition coefficient (Wildman–Crippen LogP) is 0.456. The molecule has 0 aliphatic rings. The maximum Gasteiger partial charge on any atom is 0.244 e. The van der Waals surface area contributed by atoms with Gasteiger partial charge in [-0.1, -0.05) is 6.07 Å². The number of rotatable bonds is 6. The van der Waals surface area contributed by atoms with Gasteiger partial charge in [0.15, 0.2) is 0 Å². The Balaban J connectivity index is 2.95. The van der Waals surface area contributed by atoms with Gasteiger partial charge in [-0.25, -0.2) is 12.7 Å². The van der Waals surface area contributed by atoms with Gasteiger partial charge in [-0.3, -0.25) is 4.79 Å². The fourth-order valence-electron chi connectivity index (χ4n) is 1.67. The minimum absolute atomic E-state index is 0.0155. The first-order valence-corrected chi connectivity index (χ1v) is 7.94. The second-order valence-electron chi connectivity index (χ2n) is 5.08. The maximum absolute atomic E-state index is 12.1. The fraction of sp³-hybridized carbons (Fsp3) is 0.462. The second-order valence-corrected chi connectivity index (χ2v) is 7.20. The van der Waals surface area contributed by atoms with Crippen molar-refractivity contribution in [2.24, 2.45) is 0 Å². The number of nitrogens with two attached hydrogens (primary N) is 1. The number of sulfonamides is 1. The second kappa shape index (κ2) is 6.77. The van der Waals surface area contributed by atoms with Gasteiger partial charge in [0, 0.05) is 20.1 Å². The summed E-state index contributed by atoms with van der Waals surface area (Å²) in [7, 11) is -0.749. The topological polar surface area (TPSA) is 105 Å². The molecule has 1 amide bonds. The van der Waals surface area contributed by atoms with E-state index in [9.17, 15) is 13.2 Å². The molecule has 1 aromatic rings. The molecule has 8 heteroatoms. The van der Waals surface area contributed by atoms with Crippen molar-refractivity contribution in [3.63, 3.8) is 0 Å². The monoisotopic (exact) mass is 314 g/mol. The lowest BCUT2D eigenvalue weighted by Gasteiger charge is -2.16. The number of para-hydroxylation sites is 1. The molecule has 0 aromatic heterocycles. The third kappa shape index (κ3) is 4.33. The summed E-state index contributed by atoms with van der Waals surface area (Å²) in [4.78, 5) is 11.6. The number of hydrogen-bond acceptors (Lipinski definition) is 5. The highest BCUT2D eigenvalue weighted by Gasteiger charge is 2.21. The van der Waals surface area contributed by atoms with E-state index in [0.29, 0.717) is 5.69 Å². The van der Waals surface area contributed by atoms with Gasteiger partial charge in [0.1, 0.15) is 4.90 Å². The maximum atomic E-state index is 12.1. The first-order valence-electron chi connectivity index (χ1n) is 6.50. The summed E-state index contributed by atoms with van der Waals surface area (Å²) in [5.74, 6) is -0.190. The Hall–Kier alpha value is -1.80. The Morgan fingerprint density at radius 1 is 1.33 bits per heavy atom. The lowest BCUT2D eigenvalue weighted by molar-refractivity contribution is -0.119. The van der Waals surface area contributed by atoms with E-state index >= 15 is 0 Å². The Kier molecular flexibility index (Phi) is 5.56. The van der Waals surface area contributed by atoms with Crippen molar-refractivity contribution in [3.8, 4) is 0 Å². The summed E-state index contributed by atoms with van der Waals surface area (Å²) in [6, 6.07) is 4.68. The molecule has 0 spiro atoms. The van der Waals surface area contributed by atoms with Crippen LogP contribution in [0.5, 0.6) is 0 Å². The van der Waals surface area contributed by atoms with E-state index < -0.39 is 10.0 Å². The van der Waals surface area contributed by atoms with E-state index in [4.69, 9.17) is 5.73 Å². The Morgan fingerprint density at radius 3 is 2.48 bits per heavy atom. The zero-order valence-corrected chi connectivity index (χ0v) is 13.5. The smallest absolute Gasteiger partial charge is 0.244 e. The SMILES string of the molecule is CC(C)NC(=O)CNc1cccc(S(=O)(=O)N(C)C)c1N. The molecule has 21 heavy (non-hydrogen) atoms. The minimum Gasteiger partial charge on any atom is -0.396 e. The predicted molar refractivity (Wildman–Crippen MR) is 83.5 cm³/mol. The first-order chi connectivity index (χ1) is 9.66. The molecule has 0 saturated heterocycles. The molecule has 0 aliphatic heterocycles. The van der Waals surface area contributed by atoms with Crippen molar-refractivity contribution in [2.75, 3.05) is 31.7 Å². The number of carbonyl (C=O) groups excluding carboxylic acids is 1. The van der Waals surface area contributed by atoms with Gasteiger partial charge in [0.25, 0.3) is 0 Å². The fourth-order valence-corrected chi connectivity index (χ4v) is 2.70. The van der Waals surface area contributed by atoms with Gasteiger partial charge in [-0.2, -0.15) is 0 Å². The Labute approximate surface area is 125 Å². The zero-order chi connectivity index (χ0) is 16.2. The van der Waals surface area contributed by atoms with Gasteiger partial charge in [-0.15, -0.1) is 0 Å². The van der Waals surface area contributed by atoms with Crippen molar-refractivity contribution < 1.29 is 13.2 Å². The Morgan fingerprint density at radius 2 is 1.95 bits per heavy atom. The number of nitrogens with zero attached hydrogens (tertiary/aromatic N) is 1. The van der Waals surface area contributed by atoms with Crippen molar-refractivity contribution in [1.82, 2.24) is 9.62 Å². The number of hydrogen-bond donors (Lipinski definition) is 3. The number of nitrogen functional groups attached to an aromatic ring is 1. The number of amides is 1. The summed E-state index contributed by atoms with van der Waals surface area (Å²) in [5, 5.41) is 5.58. The molecule has 0 fully saturated rings. The average Bonchev–Trinajstić information content (AvgIpc) is 2.36. The number of carbonyl (C=O) groups is 1. The van der Waals surface area contributed by atoms with Crippen LogP contribution in [-0.2, 0) is 14.8 Å². The molecule has 1 rings (SSSR count). The van der Waals surface area contributed by atoms with Crippen LogP contribution < -0.4 is 16.4 Å². The van der Waals surface area contributed by atoms with Crippen molar-refractivity contribution in [3.05, 3.63) is 18.2 Å². The summed E-state index contributed by atoms with van der Waals surface area (Å²) >= 11 is 0. The van der Waals surface area contributed by atoms with Crippen LogP contribution >= 0.6 is 0 Å². The van der Waals surface area contributed by atoms with Gasteiger partial charge in [-0.05, 0) is 26.0 Å². The van der Waals surface area contributed by atoms with Gasteiger partial charge in [0.05, 0.1) is 17.9 Å². The molecule has 0 bridgehead atoms. The molecule has 118 valence electrons. The molecular formula is C13H22N4O3S. The average molecular weight is 314 g/mol. The van der Waals surface area contributed by atoms with Crippen molar-refractivity contribution in [1.29, 1.82) is 0 Å². The van der Waals surface area contributed by atoms with Crippen LogP contribution in [0.2, 0.25) is 0 Å². The zero-order valence-electron chi connectivity index (χ0n) is 12.7. The quantitative estimate of drug-likeness (QED) is 0.662. The molecule has 7 nitrogen and oxygen atoms in total. The molecule has 0 radical (unpaired) electrons. The van der Waals surface area contributed by atoms with E-state index in [2.05, 4.69) is 10.6 Å². The highest BCUT2D eigenvalue weighted by molar-refractivity contribution is 7.89. The molecule has 0 saturated carbocycles. The first kappa shape index (κ1) is 17.3. The third-order valence-corrected chi connectivity index (χ3v) is 4.59. The van der Waals surface area contributed by atoms with Crippen LogP contribution in [0.3, 0.4) is 0 Å². The largest absolute Gasteiger partial charge is 0.396 e. The van der Waals surface area contributed by atoms with E-state index in [1.807, 2.05) is 13.8 Å². The number of nitrogens with one attached hydrogen (secondary N) is 2. The standard InChI is InChI=1S/C13H22N4O3S/c1-9(2)16-12(18)8-15-10-6-5-7-11(13(10)14)21(19,20)17(3)4/h5-7,9,15H,8,14H2,1-4H3,(H,16,18). The molecule has 0 aliphatic carbocycles. The third-order valence-electron chi connectivity index (χ3n) is 2.71. The number of anilines is 2. The van der Waals surface area contributed by atoms with Crippen LogP contribution in [-0.4, -0.2) is 45.3 Å². The highest BCUT2D eigenvalue weighted by atomic mass is 32.2. The minimum atomic E-state index is -3.62. The molecule has 0 unspecified atom stereocenters. The lowest BCUT2D eigenvalue weighted by Crippen LogP contribution is -2.35. The lowest BCUT2D eigenvalue weighted by atomic mass is 10.2. The molecule has 1 aromatic carbocycles. The summed E-state index contributed by atoms with van der Waals surface area (Å²) in [6.45, 7) is 3.74. The Bertz CT molecular complexity index is 612. The number of benzene rings is 1. The van der Waals surface area contributed by atoms with Crippen LogP contribution in [0.1, 0.15) is 13.8 Å². The van der Waals surface area contributed by atoms with Crippen LogP contribution in [0.15, 0.2) is 23.1 Å². The van der Waals surface area contributed by atoms with E-state index in [1.165, 1.54) is 20.2 Å². The van der Waals surface area contributed by atoms with Gasteiger partial charge in [0.2, 0.25) is 15.9 Å². The molecular weight excluding hydrogens is 292 g/mol. The van der Waals surface area contributed by atoms with Gasteiger partial charge >= 0.3 is 0 Å². The van der Waals surface area contributed by atoms with E-state index in [1.54, 1.807) is 12.1 Å². The van der Waals surface area contributed by atoms with Crippen molar-refractivity contribution in [2.45, 2.75) is 24.8 Å². The summed E-state index contributed by atoms with van der Waals surface area (Å²) in [5.41, 5.74) is 6.41. The van der Waals surface area contributed by atoms with Crippen LogP contribution in [0, 0.1) is 0 Å². The van der Waals surface area contributed by atoms with Gasteiger partial charge < -0.3 is 16.4 Å². The van der Waals surface area contributed by atoms with E-state index in [0.717, 1.165) is 4.31 Å².